The molecule has 0 radical (unpaired) electrons. The molecular weight excluding hydrogens is 472 g/mol. The average Bonchev–Trinajstić information content (AvgIpc) is 3.05. The molecule has 6 heteroatoms. The van der Waals surface area contributed by atoms with Crippen LogP contribution in [0.5, 0.6) is 11.5 Å². The van der Waals surface area contributed by atoms with Crippen molar-refractivity contribution in [3.63, 3.8) is 0 Å². The Bertz CT molecular complexity index is 1110. The first-order chi connectivity index (χ1) is 14.0. The van der Waals surface area contributed by atoms with Crippen molar-refractivity contribution in [2.75, 3.05) is 7.11 Å². The van der Waals surface area contributed by atoms with E-state index in [0.717, 1.165) is 26.1 Å². The summed E-state index contributed by atoms with van der Waals surface area (Å²) in [4.78, 5) is 14.3. The van der Waals surface area contributed by atoms with Gasteiger partial charge in [0.15, 0.2) is 11.5 Å². The van der Waals surface area contributed by atoms with Gasteiger partial charge in [0.25, 0.3) is 0 Å². The van der Waals surface area contributed by atoms with Gasteiger partial charge in [-0.25, -0.2) is 0 Å². The number of thioether (sulfide) groups is 1. The van der Waals surface area contributed by atoms with Gasteiger partial charge in [-0.1, -0.05) is 63.6 Å². The molecular formula is C23H16BrClO3S. The van der Waals surface area contributed by atoms with E-state index in [0.29, 0.717) is 28.0 Å². The standard InChI is InChI=1S/C23H16BrClO3S/c1-27-19-10-15(11-22-23(26)17-4-2-3-5-21(17)29-22)18(24)12-20(19)28-13-14-6-8-16(25)9-7-14/h2-12H,13H2,1H3/b22-11+. The highest BCUT2D eigenvalue weighted by molar-refractivity contribution is 9.10. The number of ketones is 1. The molecule has 0 saturated heterocycles. The zero-order chi connectivity index (χ0) is 20.4. The van der Waals surface area contributed by atoms with Crippen LogP contribution in [-0.2, 0) is 6.61 Å². The quantitative estimate of drug-likeness (QED) is 0.362. The van der Waals surface area contributed by atoms with Gasteiger partial charge in [0.1, 0.15) is 6.61 Å². The van der Waals surface area contributed by atoms with Crippen molar-refractivity contribution in [1.82, 2.24) is 0 Å². The molecule has 1 heterocycles. The number of rotatable bonds is 5. The second kappa shape index (κ2) is 8.66. The van der Waals surface area contributed by atoms with Crippen LogP contribution < -0.4 is 9.47 Å². The summed E-state index contributed by atoms with van der Waals surface area (Å²) in [5.41, 5.74) is 2.60. The summed E-state index contributed by atoms with van der Waals surface area (Å²) in [7, 11) is 1.60. The Morgan fingerprint density at radius 1 is 1.07 bits per heavy atom. The third kappa shape index (κ3) is 4.37. The Labute approximate surface area is 186 Å². The summed E-state index contributed by atoms with van der Waals surface area (Å²) in [6.07, 6.45) is 1.88. The Morgan fingerprint density at radius 2 is 1.83 bits per heavy atom. The van der Waals surface area contributed by atoms with Crippen LogP contribution >= 0.6 is 39.3 Å². The molecule has 0 N–H and O–H groups in total. The van der Waals surface area contributed by atoms with Gasteiger partial charge in [-0.3, -0.25) is 4.79 Å². The summed E-state index contributed by atoms with van der Waals surface area (Å²) >= 11 is 11.0. The predicted octanol–water partition coefficient (Wildman–Crippen LogP) is 7.02. The molecule has 0 aromatic heterocycles. The lowest BCUT2D eigenvalue weighted by molar-refractivity contribution is 0.104. The van der Waals surface area contributed by atoms with E-state index in [-0.39, 0.29) is 5.78 Å². The average molecular weight is 488 g/mol. The number of carbonyl (C=O) groups excluding carboxylic acids is 1. The third-order valence-electron chi connectivity index (χ3n) is 4.45. The maximum atomic E-state index is 12.6. The van der Waals surface area contributed by atoms with Crippen LogP contribution in [0.2, 0.25) is 5.02 Å². The number of ether oxygens (including phenoxy) is 2. The lowest BCUT2D eigenvalue weighted by atomic mass is 10.1. The van der Waals surface area contributed by atoms with Crippen molar-refractivity contribution in [2.24, 2.45) is 0 Å². The fourth-order valence-corrected chi connectivity index (χ4v) is 4.56. The molecule has 146 valence electrons. The molecule has 1 aliphatic heterocycles. The first-order valence-electron chi connectivity index (χ1n) is 8.83. The Morgan fingerprint density at radius 3 is 2.55 bits per heavy atom. The smallest absolute Gasteiger partial charge is 0.200 e. The normalized spacial score (nSPS) is 14.2. The van der Waals surface area contributed by atoms with Crippen LogP contribution in [0.4, 0.5) is 0 Å². The molecule has 0 unspecified atom stereocenters. The number of carbonyl (C=O) groups is 1. The molecule has 0 aliphatic carbocycles. The molecule has 0 fully saturated rings. The minimum absolute atomic E-state index is 0.0412. The SMILES string of the molecule is COc1cc(/C=C2/Sc3ccccc3C2=O)c(Br)cc1OCc1ccc(Cl)cc1. The van der Waals surface area contributed by atoms with Crippen LogP contribution in [0.25, 0.3) is 6.08 Å². The van der Waals surface area contributed by atoms with Gasteiger partial charge in [0, 0.05) is 20.0 Å². The number of fused-ring (bicyclic) bond motifs is 1. The molecule has 3 aromatic rings. The molecule has 0 atom stereocenters. The highest BCUT2D eigenvalue weighted by Crippen LogP contribution is 2.42. The van der Waals surface area contributed by atoms with Crippen molar-refractivity contribution in [3.05, 3.63) is 91.8 Å². The highest BCUT2D eigenvalue weighted by atomic mass is 79.9. The Hall–Kier alpha value is -2.21. The van der Waals surface area contributed by atoms with E-state index in [1.807, 2.05) is 66.7 Å². The molecule has 3 aromatic carbocycles. The van der Waals surface area contributed by atoms with E-state index in [2.05, 4.69) is 15.9 Å². The molecule has 0 bridgehead atoms. The third-order valence-corrected chi connectivity index (χ3v) is 6.49. The number of hydrogen-bond acceptors (Lipinski definition) is 4. The summed E-state index contributed by atoms with van der Waals surface area (Å²) < 4.78 is 12.3. The maximum Gasteiger partial charge on any atom is 0.200 e. The highest BCUT2D eigenvalue weighted by Gasteiger charge is 2.25. The number of hydrogen-bond donors (Lipinski definition) is 0. The van der Waals surface area contributed by atoms with E-state index in [9.17, 15) is 4.79 Å². The van der Waals surface area contributed by atoms with Crippen LogP contribution in [-0.4, -0.2) is 12.9 Å². The van der Waals surface area contributed by atoms with Crippen molar-refractivity contribution >= 4 is 51.2 Å². The van der Waals surface area contributed by atoms with Gasteiger partial charge in [0.05, 0.1) is 12.0 Å². The first kappa shape index (κ1) is 20.1. The summed E-state index contributed by atoms with van der Waals surface area (Å²) in [5, 5.41) is 0.688. The molecule has 0 spiro atoms. The summed E-state index contributed by atoms with van der Waals surface area (Å²) in [5.74, 6) is 1.26. The summed E-state index contributed by atoms with van der Waals surface area (Å²) in [6.45, 7) is 0.393. The van der Waals surface area contributed by atoms with Crippen molar-refractivity contribution in [1.29, 1.82) is 0 Å². The van der Waals surface area contributed by atoms with Crippen molar-refractivity contribution < 1.29 is 14.3 Å². The van der Waals surface area contributed by atoms with Crippen molar-refractivity contribution in [3.8, 4) is 11.5 Å². The Balaban J connectivity index is 1.58. The minimum Gasteiger partial charge on any atom is -0.493 e. The monoisotopic (exact) mass is 486 g/mol. The second-order valence-electron chi connectivity index (χ2n) is 6.38. The zero-order valence-electron chi connectivity index (χ0n) is 15.4. The molecule has 0 amide bonds. The molecule has 1 aliphatic rings. The van der Waals surface area contributed by atoms with Gasteiger partial charge < -0.3 is 9.47 Å². The second-order valence-corrected chi connectivity index (χ2v) is 8.75. The number of benzene rings is 3. The lowest BCUT2D eigenvalue weighted by Crippen LogP contribution is -1.99. The van der Waals surface area contributed by atoms with Crippen LogP contribution in [0.15, 0.2) is 74.9 Å². The van der Waals surface area contributed by atoms with Crippen molar-refractivity contribution in [2.45, 2.75) is 11.5 Å². The van der Waals surface area contributed by atoms with Crippen LogP contribution in [0, 0.1) is 0 Å². The van der Waals surface area contributed by atoms with Crippen LogP contribution in [0.1, 0.15) is 21.5 Å². The van der Waals surface area contributed by atoms with E-state index in [4.69, 9.17) is 21.1 Å². The maximum absolute atomic E-state index is 12.6. The van der Waals surface area contributed by atoms with Gasteiger partial charge in [-0.2, -0.15) is 0 Å². The van der Waals surface area contributed by atoms with Gasteiger partial charge in [0.2, 0.25) is 5.78 Å². The van der Waals surface area contributed by atoms with E-state index < -0.39 is 0 Å². The number of allylic oxidation sites excluding steroid dienone is 1. The fourth-order valence-electron chi connectivity index (χ4n) is 2.95. The first-order valence-corrected chi connectivity index (χ1v) is 10.8. The molecule has 3 nitrogen and oxygen atoms in total. The van der Waals surface area contributed by atoms with Crippen LogP contribution in [0.3, 0.4) is 0 Å². The zero-order valence-corrected chi connectivity index (χ0v) is 18.6. The lowest BCUT2D eigenvalue weighted by Gasteiger charge is -2.13. The van der Waals surface area contributed by atoms with E-state index in [1.165, 1.54) is 11.8 Å². The number of methoxy groups -OCH3 is 1. The predicted molar refractivity (Wildman–Crippen MR) is 121 cm³/mol. The minimum atomic E-state index is 0.0412. The number of halogens is 2. The van der Waals surface area contributed by atoms with E-state index in [1.54, 1.807) is 7.11 Å². The largest absolute Gasteiger partial charge is 0.493 e. The molecule has 0 saturated carbocycles. The van der Waals surface area contributed by atoms with Gasteiger partial charge in [-0.05, 0) is 53.6 Å². The molecule has 4 rings (SSSR count). The fraction of sp³-hybridized carbons (Fsp3) is 0.0870. The van der Waals surface area contributed by atoms with Gasteiger partial charge >= 0.3 is 0 Å². The number of Topliss-reactive ketones (excluding diaryl/α,β-unsaturated/α-hetero) is 1. The summed E-state index contributed by atoms with van der Waals surface area (Å²) in [6, 6.07) is 18.9. The van der Waals surface area contributed by atoms with Gasteiger partial charge in [-0.15, -0.1) is 0 Å². The van der Waals surface area contributed by atoms with E-state index >= 15 is 0 Å². The topological polar surface area (TPSA) is 35.5 Å². The Kier molecular flexibility index (Phi) is 5.99. The molecule has 29 heavy (non-hydrogen) atoms.